The third-order valence-electron chi connectivity index (χ3n) is 4.53. The van der Waals surface area contributed by atoms with Crippen LogP contribution in [0.5, 0.6) is 5.75 Å². The molecule has 3 nitrogen and oxygen atoms in total. The van der Waals surface area contributed by atoms with Gasteiger partial charge in [-0.3, -0.25) is 0 Å². The summed E-state index contributed by atoms with van der Waals surface area (Å²) < 4.78 is 5.32. The average Bonchev–Trinajstić information content (AvgIpc) is 2.66. The SMILES string of the molecule is COc1ccc2nc3c4ccccc4c4ccccc4c3nc2c1. The summed E-state index contributed by atoms with van der Waals surface area (Å²) >= 11 is 0. The second-order valence-corrected chi connectivity index (χ2v) is 5.87. The highest BCUT2D eigenvalue weighted by molar-refractivity contribution is 6.23. The third kappa shape index (κ3) is 1.78. The highest BCUT2D eigenvalue weighted by Crippen LogP contribution is 2.34. The van der Waals surface area contributed by atoms with Crippen LogP contribution in [-0.4, -0.2) is 17.1 Å². The quantitative estimate of drug-likeness (QED) is 0.319. The van der Waals surface area contributed by atoms with E-state index in [2.05, 4.69) is 42.5 Å². The van der Waals surface area contributed by atoms with Crippen molar-refractivity contribution in [3.8, 4) is 5.75 Å². The maximum atomic E-state index is 5.32. The van der Waals surface area contributed by atoms with Crippen molar-refractivity contribution in [2.75, 3.05) is 7.11 Å². The van der Waals surface area contributed by atoms with E-state index in [-0.39, 0.29) is 0 Å². The van der Waals surface area contributed by atoms with Crippen molar-refractivity contribution < 1.29 is 4.74 Å². The molecule has 0 aliphatic heterocycles. The van der Waals surface area contributed by atoms with Gasteiger partial charge in [0.25, 0.3) is 0 Å². The largest absolute Gasteiger partial charge is 0.497 e. The Morgan fingerprint density at radius 3 is 1.75 bits per heavy atom. The van der Waals surface area contributed by atoms with E-state index in [0.717, 1.165) is 38.6 Å². The monoisotopic (exact) mass is 310 g/mol. The van der Waals surface area contributed by atoms with Crippen molar-refractivity contribution in [1.82, 2.24) is 9.97 Å². The van der Waals surface area contributed by atoms with Crippen molar-refractivity contribution >= 4 is 43.6 Å². The molecule has 5 rings (SSSR count). The van der Waals surface area contributed by atoms with Gasteiger partial charge in [0.2, 0.25) is 0 Å². The number of hydrogen-bond acceptors (Lipinski definition) is 3. The molecule has 5 aromatic rings. The fourth-order valence-corrected chi connectivity index (χ4v) is 3.39. The van der Waals surface area contributed by atoms with Crippen LogP contribution in [0.15, 0.2) is 66.7 Å². The van der Waals surface area contributed by atoms with E-state index < -0.39 is 0 Å². The van der Waals surface area contributed by atoms with Gasteiger partial charge in [0, 0.05) is 16.8 Å². The summed E-state index contributed by atoms with van der Waals surface area (Å²) in [6, 6.07) is 22.6. The zero-order valence-corrected chi connectivity index (χ0v) is 13.2. The number of methoxy groups -OCH3 is 1. The minimum absolute atomic E-state index is 0.793. The molecule has 114 valence electrons. The molecule has 3 heteroatoms. The molecule has 1 aromatic heterocycles. The summed E-state index contributed by atoms with van der Waals surface area (Å²) in [5.74, 6) is 0.793. The highest BCUT2D eigenvalue weighted by Gasteiger charge is 2.11. The number of nitrogens with zero attached hydrogens (tertiary/aromatic N) is 2. The summed E-state index contributed by atoms with van der Waals surface area (Å²) in [6.07, 6.45) is 0. The smallest absolute Gasteiger partial charge is 0.121 e. The molecular weight excluding hydrogens is 296 g/mol. The molecule has 0 saturated carbocycles. The third-order valence-corrected chi connectivity index (χ3v) is 4.53. The van der Waals surface area contributed by atoms with E-state index >= 15 is 0 Å². The minimum Gasteiger partial charge on any atom is -0.497 e. The highest BCUT2D eigenvalue weighted by atomic mass is 16.5. The molecule has 0 unspecified atom stereocenters. The second-order valence-electron chi connectivity index (χ2n) is 5.87. The lowest BCUT2D eigenvalue weighted by Crippen LogP contribution is -1.92. The topological polar surface area (TPSA) is 35.0 Å². The Bertz CT molecular complexity index is 1240. The van der Waals surface area contributed by atoms with E-state index in [1.54, 1.807) is 7.11 Å². The summed E-state index contributed by atoms with van der Waals surface area (Å²) in [7, 11) is 1.67. The van der Waals surface area contributed by atoms with Gasteiger partial charge in [0.15, 0.2) is 0 Å². The summed E-state index contributed by atoms with van der Waals surface area (Å²) in [6.45, 7) is 0. The normalized spacial score (nSPS) is 11.5. The number of ether oxygens (including phenoxy) is 1. The fraction of sp³-hybridized carbons (Fsp3) is 0.0476. The first-order valence-electron chi connectivity index (χ1n) is 7.90. The zero-order chi connectivity index (χ0) is 16.1. The first kappa shape index (κ1) is 13.3. The van der Waals surface area contributed by atoms with Crippen LogP contribution in [0.1, 0.15) is 0 Å². The lowest BCUT2D eigenvalue weighted by Gasteiger charge is -2.10. The molecule has 0 spiro atoms. The van der Waals surface area contributed by atoms with Crippen molar-refractivity contribution in [2.45, 2.75) is 0 Å². The Hall–Kier alpha value is -3.20. The van der Waals surface area contributed by atoms with E-state index in [1.165, 1.54) is 10.8 Å². The predicted octanol–water partition coefficient (Wildman–Crippen LogP) is 5.10. The Morgan fingerprint density at radius 1 is 0.625 bits per heavy atom. The van der Waals surface area contributed by atoms with Crippen molar-refractivity contribution in [1.29, 1.82) is 0 Å². The molecule has 24 heavy (non-hydrogen) atoms. The van der Waals surface area contributed by atoms with Crippen molar-refractivity contribution in [3.05, 3.63) is 66.7 Å². The molecule has 0 aliphatic rings. The average molecular weight is 310 g/mol. The van der Waals surface area contributed by atoms with E-state index in [4.69, 9.17) is 14.7 Å². The molecule has 0 fully saturated rings. The van der Waals surface area contributed by atoms with Gasteiger partial charge >= 0.3 is 0 Å². The van der Waals surface area contributed by atoms with E-state index in [9.17, 15) is 0 Å². The standard InChI is InChI=1S/C21H14N2O/c1-24-13-10-11-18-19(12-13)23-21-17-9-5-3-7-15(17)14-6-2-4-8-16(14)20(21)22-18/h2-12H,1H3. The molecule has 0 N–H and O–H groups in total. The molecule has 0 radical (unpaired) electrons. The summed E-state index contributed by atoms with van der Waals surface area (Å²) in [5.41, 5.74) is 3.61. The van der Waals surface area contributed by atoms with Crippen LogP contribution in [0.2, 0.25) is 0 Å². The molecule has 0 bridgehead atoms. The van der Waals surface area contributed by atoms with Gasteiger partial charge in [-0.05, 0) is 22.9 Å². The minimum atomic E-state index is 0.793. The molecule has 0 atom stereocenters. The zero-order valence-electron chi connectivity index (χ0n) is 13.2. The van der Waals surface area contributed by atoms with Gasteiger partial charge < -0.3 is 4.74 Å². The van der Waals surface area contributed by atoms with Gasteiger partial charge in [-0.2, -0.15) is 0 Å². The maximum absolute atomic E-state index is 5.32. The molecule has 4 aromatic carbocycles. The van der Waals surface area contributed by atoms with Crippen LogP contribution >= 0.6 is 0 Å². The summed E-state index contributed by atoms with van der Waals surface area (Å²) in [5, 5.41) is 4.68. The predicted molar refractivity (Wildman–Crippen MR) is 98.6 cm³/mol. The van der Waals surface area contributed by atoms with Crippen LogP contribution in [0.25, 0.3) is 43.6 Å². The van der Waals surface area contributed by atoms with E-state index in [1.807, 2.05) is 24.3 Å². The molecule has 1 heterocycles. The van der Waals surface area contributed by atoms with Crippen LogP contribution in [0.3, 0.4) is 0 Å². The number of benzene rings is 4. The van der Waals surface area contributed by atoms with Gasteiger partial charge in [0.05, 0.1) is 29.2 Å². The Labute approximate surface area is 138 Å². The molecular formula is C21H14N2O. The molecule has 0 amide bonds. The van der Waals surface area contributed by atoms with E-state index in [0.29, 0.717) is 0 Å². The Morgan fingerprint density at radius 2 is 1.17 bits per heavy atom. The second kappa shape index (κ2) is 4.90. The van der Waals surface area contributed by atoms with Crippen molar-refractivity contribution in [2.24, 2.45) is 0 Å². The lowest BCUT2D eigenvalue weighted by atomic mass is 9.99. The van der Waals surface area contributed by atoms with Gasteiger partial charge in [-0.25, -0.2) is 9.97 Å². The first-order valence-corrected chi connectivity index (χ1v) is 7.90. The van der Waals surface area contributed by atoms with Gasteiger partial charge in [0.1, 0.15) is 5.75 Å². The van der Waals surface area contributed by atoms with Crippen LogP contribution in [0.4, 0.5) is 0 Å². The molecule has 0 aliphatic carbocycles. The number of hydrogen-bond donors (Lipinski definition) is 0. The summed E-state index contributed by atoms with van der Waals surface area (Å²) in [4.78, 5) is 9.84. The number of rotatable bonds is 1. The van der Waals surface area contributed by atoms with Crippen LogP contribution in [0, 0.1) is 0 Å². The van der Waals surface area contributed by atoms with Crippen LogP contribution in [-0.2, 0) is 0 Å². The Kier molecular flexibility index (Phi) is 2.71. The number of aromatic nitrogens is 2. The fourth-order valence-electron chi connectivity index (χ4n) is 3.39. The lowest BCUT2D eigenvalue weighted by molar-refractivity contribution is 0.415. The van der Waals surface area contributed by atoms with Gasteiger partial charge in [-0.1, -0.05) is 48.5 Å². The maximum Gasteiger partial charge on any atom is 0.121 e. The molecule has 0 saturated heterocycles. The number of fused-ring (bicyclic) bond motifs is 7. The Balaban J connectivity index is 2.07. The van der Waals surface area contributed by atoms with Crippen molar-refractivity contribution in [3.63, 3.8) is 0 Å². The van der Waals surface area contributed by atoms with Gasteiger partial charge in [-0.15, -0.1) is 0 Å². The van der Waals surface area contributed by atoms with Crippen LogP contribution < -0.4 is 4.74 Å². The first-order chi connectivity index (χ1) is 11.8.